The van der Waals surface area contributed by atoms with Crippen molar-refractivity contribution >= 4 is 21.9 Å². The highest BCUT2D eigenvalue weighted by Crippen LogP contribution is 2.26. The number of primary amides is 1. The highest BCUT2D eigenvalue weighted by molar-refractivity contribution is 7.89. The van der Waals surface area contributed by atoms with Crippen LogP contribution in [0.3, 0.4) is 0 Å². The number of rotatable bonds is 5. The molecule has 1 aliphatic heterocycles. The van der Waals surface area contributed by atoms with Crippen molar-refractivity contribution < 1.29 is 22.7 Å². The molecule has 0 saturated carbocycles. The van der Waals surface area contributed by atoms with E-state index in [-0.39, 0.29) is 29.3 Å². The van der Waals surface area contributed by atoms with Crippen molar-refractivity contribution in [2.24, 2.45) is 11.7 Å². The van der Waals surface area contributed by atoms with E-state index in [0.717, 1.165) is 11.1 Å². The Hall–Kier alpha value is -2.71. The van der Waals surface area contributed by atoms with Crippen molar-refractivity contribution in [3.05, 3.63) is 59.2 Å². The number of hydrogen-bond donors (Lipinski definition) is 1. The molecule has 0 bridgehead atoms. The predicted molar refractivity (Wildman–Crippen MR) is 108 cm³/mol. The van der Waals surface area contributed by atoms with Gasteiger partial charge in [-0.05, 0) is 68.1 Å². The van der Waals surface area contributed by atoms with Crippen LogP contribution in [0.15, 0.2) is 47.4 Å². The third-order valence-electron chi connectivity index (χ3n) is 5.24. The molecule has 8 heteroatoms. The maximum atomic E-state index is 12.9. The molecule has 1 fully saturated rings. The molecule has 1 aliphatic rings. The highest BCUT2D eigenvalue weighted by Gasteiger charge is 2.33. The zero-order valence-electron chi connectivity index (χ0n) is 16.4. The number of ether oxygens (including phenoxy) is 1. The molecular formula is C21H24N2O5S. The third-order valence-corrected chi connectivity index (χ3v) is 7.14. The first kappa shape index (κ1) is 21.0. The molecule has 2 aromatic carbocycles. The molecule has 0 atom stereocenters. The van der Waals surface area contributed by atoms with Crippen LogP contribution in [0.25, 0.3) is 0 Å². The van der Waals surface area contributed by atoms with E-state index in [1.165, 1.54) is 16.4 Å². The molecule has 1 heterocycles. The smallest absolute Gasteiger partial charge is 0.314 e. The third kappa shape index (κ3) is 4.65. The van der Waals surface area contributed by atoms with Gasteiger partial charge >= 0.3 is 5.97 Å². The van der Waals surface area contributed by atoms with Gasteiger partial charge in [-0.3, -0.25) is 9.59 Å². The number of sulfonamides is 1. The number of esters is 1. The largest absolute Gasteiger partial charge is 0.426 e. The number of piperidine rings is 1. The summed E-state index contributed by atoms with van der Waals surface area (Å²) in [6.07, 6.45) is 0.747. The van der Waals surface area contributed by atoms with E-state index in [1.54, 1.807) is 30.3 Å². The lowest BCUT2D eigenvalue weighted by molar-refractivity contribution is -0.140. The lowest BCUT2D eigenvalue weighted by Gasteiger charge is -2.30. The van der Waals surface area contributed by atoms with Crippen molar-refractivity contribution in [3.63, 3.8) is 0 Å². The normalized spacial score (nSPS) is 15.8. The minimum absolute atomic E-state index is 0.246. The number of aryl methyl sites for hydroxylation is 2. The second-order valence-electron chi connectivity index (χ2n) is 7.24. The second kappa shape index (κ2) is 8.34. The van der Waals surface area contributed by atoms with Crippen LogP contribution < -0.4 is 10.5 Å². The maximum absolute atomic E-state index is 12.9. The van der Waals surface area contributed by atoms with Gasteiger partial charge in [0.2, 0.25) is 15.9 Å². The predicted octanol–water partition coefficient (Wildman–Crippen LogP) is 2.41. The van der Waals surface area contributed by atoms with Crippen LogP contribution in [-0.2, 0) is 14.8 Å². The summed E-state index contributed by atoms with van der Waals surface area (Å²) in [4.78, 5) is 24.0. The average molecular weight is 416 g/mol. The maximum Gasteiger partial charge on any atom is 0.314 e. The van der Waals surface area contributed by atoms with Crippen LogP contribution in [0.5, 0.6) is 5.75 Å². The van der Waals surface area contributed by atoms with Gasteiger partial charge in [0.05, 0.1) is 10.8 Å². The first-order chi connectivity index (χ1) is 13.7. The van der Waals surface area contributed by atoms with Crippen LogP contribution in [0, 0.1) is 19.8 Å². The van der Waals surface area contributed by atoms with Gasteiger partial charge in [-0.1, -0.05) is 12.1 Å². The molecular weight excluding hydrogens is 392 g/mol. The van der Waals surface area contributed by atoms with E-state index >= 15 is 0 Å². The summed E-state index contributed by atoms with van der Waals surface area (Å²) in [5.41, 5.74) is 7.44. The van der Waals surface area contributed by atoms with Crippen LogP contribution in [0.2, 0.25) is 0 Å². The number of nitrogens with zero attached hydrogens (tertiary/aromatic N) is 1. The standard InChI is InChI=1S/C21H24N2O5S/c1-14-6-7-19(12-15(14)2)29(26,27)23-10-8-16(9-11-23)21(25)28-18-5-3-4-17(13-18)20(22)24/h3-7,12-13,16H,8-11H2,1-2H3,(H2,22,24). The molecule has 0 aliphatic carbocycles. The Labute approximate surface area is 170 Å². The first-order valence-corrected chi connectivity index (χ1v) is 10.8. The van der Waals surface area contributed by atoms with Gasteiger partial charge in [0.1, 0.15) is 5.75 Å². The van der Waals surface area contributed by atoms with Gasteiger partial charge in [0.15, 0.2) is 0 Å². The Morgan fingerprint density at radius 3 is 2.34 bits per heavy atom. The van der Waals surface area contributed by atoms with E-state index in [9.17, 15) is 18.0 Å². The van der Waals surface area contributed by atoms with E-state index in [4.69, 9.17) is 10.5 Å². The van der Waals surface area contributed by atoms with Crippen LogP contribution in [-0.4, -0.2) is 37.7 Å². The SMILES string of the molecule is Cc1ccc(S(=O)(=O)N2CCC(C(=O)Oc3cccc(C(N)=O)c3)CC2)cc1C. The fourth-order valence-corrected chi connectivity index (χ4v) is 4.82. The first-order valence-electron chi connectivity index (χ1n) is 9.37. The Morgan fingerprint density at radius 2 is 1.72 bits per heavy atom. The number of hydrogen-bond acceptors (Lipinski definition) is 5. The van der Waals surface area contributed by atoms with Crippen molar-refractivity contribution in [3.8, 4) is 5.75 Å². The molecule has 0 spiro atoms. The Bertz CT molecular complexity index is 1040. The average Bonchev–Trinajstić information content (AvgIpc) is 2.70. The summed E-state index contributed by atoms with van der Waals surface area (Å²) in [6, 6.07) is 11.2. The lowest BCUT2D eigenvalue weighted by atomic mass is 9.98. The number of carbonyl (C=O) groups is 2. The van der Waals surface area contributed by atoms with Gasteiger partial charge in [-0.15, -0.1) is 0 Å². The monoisotopic (exact) mass is 416 g/mol. The minimum atomic E-state index is -3.59. The van der Waals surface area contributed by atoms with E-state index < -0.39 is 27.8 Å². The molecule has 154 valence electrons. The number of amides is 1. The molecule has 1 amide bonds. The van der Waals surface area contributed by atoms with Crippen LogP contribution in [0.1, 0.15) is 34.3 Å². The summed E-state index contributed by atoms with van der Waals surface area (Å²) >= 11 is 0. The van der Waals surface area contributed by atoms with Gasteiger partial charge in [-0.2, -0.15) is 4.31 Å². The number of nitrogens with two attached hydrogens (primary N) is 1. The fourth-order valence-electron chi connectivity index (χ4n) is 3.27. The molecule has 0 unspecified atom stereocenters. The van der Waals surface area contributed by atoms with Crippen molar-refractivity contribution in [2.45, 2.75) is 31.6 Å². The quantitative estimate of drug-likeness (QED) is 0.595. The van der Waals surface area contributed by atoms with E-state index in [2.05, 4.69) is 0 Å². The molecule has 0 aromatic heterocycles. The summed E-state index contributed by atoms with van der Waals surface area (Å²) in [7, 11) is -3.59. The van der Waals surface area contributed by atoms with Crippen molar-refractivity contribution in [1.29, 1.82) is 0 Å². The molecule has 29 heavy (non-hydrogen) atoms. The Balaban J connectivity index is 1.63. The topological polar surface area (TPSA) is 107 Å². The Kier molecular flexibility index (Phi) is 6.04. The second-order valence-corrected chi connectivity index (χ2v) is 9.18. The molecule has 3 rings (SSSR count). The van der Waals surface area contributed by atoms with E-state index in [1.807, 2.05) is 13.8 Å². The highest BCUT2D eigenvalue weighted by atomic mass is 32.2. The zero-order chi connectivity index (χ0) is 21.2. The summed E-state index contributed by atoms with van der Waals surface area (Å²) < 4.78 is 32.5. The fraction of sp³-hybridized carbons (Fsp3) is 0.333. The molecule has 1 saturated heterocycles. The van der Waals surface area contributed by atoms with Gasteiger partial charge in [0, 0.05) is 18.7 Å². The van der Waals surface area contributed by atoms with Crippen molar-refractivity contribution in [2.75, 3.05) is 13.1 Å². The number of benzene rings is 2. The molecule has 7 nitrogen and oxygen atoms in total. The van der Waals surface area contributed by atoms with E-state index in [0.29, 0.717) is 12.8 Å². The van der Waals surface area contributed by atoms with Crippen LogP contribution in [0.4, 0.5) is 0 Å². The number of carbonyl (C=O) groups excluding carboxylic acids is 2. The molecule has 0 radical (unpaired) electrons. The van der Waals surface area contributed by atoms with Crippen LogP contribution >= 0.6 is 0 Å². The summed E-state index contributed by atoms with van der Waals surface area (Å²) in [5, 5.41) is 0. The van der Waals surface area contributed by atoms with Gasteiger partial charge in [0.25, 0.3) is 0 Å². The Morgan fingerprint density at radius 1 is 1.03 bits per heavy atom. The van der Waals surface area contributed by atoms with Gasteiger partial charge < -0.3 is 10.5 Å². The summed E-state index contributed by atoms with van der Waals surface area (Å²) in [6.45, 7) is 4.30. The van der Waals surface area contributed by atoms with Gasteiger partial charge in [-0.25, -0.2) is 8.42 Å². The molecule has 2 N–H and O–H groups in total. The lowest BCUT2D eigenvalue weighted by Crippen LogP contribution is -2.41. The minimum Gasteiger partial charge on any atom is -0.426 e. The summed E-state index contributed by atoms with van der Waals surface area (Å²) in [5.74, 6) is -1.20. The zero-order valence-corrected chi connectivity index (χ0v) is 17.2. The van der Waals surface area contributed by atoms with Crippen molar-refractivity contribution in [1.82, 2.24) is 4.31 Å². The molecule has 2 aromatic rings.